The van der Waals surface area contributed by atoms with Gasteiger partial charge in [-0.05, 0) is 46.5 Å². The van der Waals surface area contributed by atoms with E-state index in [1.54, 1.807) is 0 Å². The lowest BCUT2D eigenvalue weighted by molar-refractivity contribution is -0.134. The van der Waals surface area contributed by atoms with Gasteiger partial charge in [-0.1, -0.05) is 6.92 Å². The largest absolute Gasteiger partial charge is 0.339 e. The van der Waals surface area contributed by atoms with E-state index in [-0.39, 0.29) is 11.4 Å². The number of hydrogen-bond donors (Lipinski definition) is 1. The summed E-state index contributed by atoms with van der Waals surface area (Å²) in [5, 5.41) is 3.26. The van der Waals surface area contributed by atoms with Gasteiger partial charge in [0.25, 0.3) is 0 Å². The summed E-state index contributed by atoms with van der Waals surface area (Å²) in [6.07, 6.45) is 2.28. The molecule has 0 radical (unpaired) electrons. The number of nitrogens with one attached hydrogen (secondary N) is 1. The van der Waals surface area contributed by atoms with Crippen molar-refractivity contribution < 1.29 is 4.79 Å². The molecule has 1 amide bonds. The molecule has 1 aliphatic rings. The maximum Gasteiger partial charge on any atom is 0.236 e. The minimum absolute atomic E-state index is 0.0158. The topological polar surface area (TPSA) is 32.3 Å². The molecule has 1 fully saturated rings. The van der Waals surface area contributed by atoms with Crippen LogP contribution in [0.3, 0.4) is 0 Å². The van der Waals surface area contributed by atoms with Crippen LogP contribution in [0.15, 0.2) is 0 Å². The molecular formula is C13H26N2O. The quantitative estimate of drug-likeness (QED) is 0.781. The zero-order chi connectivity index (χ0) is 12.3. The first-order valence-corrected chi connectivity index (χ1v) is 6.34. The fourth-order valence-electron chi connectivity index (χ4n) is 2.22. The fourth-order valence-corrected chi connectivity index (χ4v) is 2.22. The van der Waals surface area contributed by atoms with Crippen LogP contribution in [0.25, 0.3) is 0 Å². The molecule has 0 bridgehead atoms. The Balaban J connectivity index is 2.42. The Morgan fingerprint density at radius 2 is 2.00 bits per heavy atom. The van der Waals surface area contributed by atoms with Gasteiger partial charge in [0.1, 0.15) is 0 Å². The van der Waals surface area contributed by atoms with Gasteiger partial charge in [0, 0.05) is 18.1 Å². The standard InChI is InChI=1S/C13H26N2O/c1-10-6-7-15(11(2)8-10)12(16)9-14-13(3,4)5/h10-11,14H,6-9H2,1-5H3. The molecule has 0 aromatic carbocycles. The van der Waals surface area contributed by atoms with E-state index in [1.165, 1.54) is 0 Å². The Morgan fingerprint density at radius 3 is 2.50 bits per heavy atom. The molecular weight excluding hydrogens is 200 g/mol. The first-order valence-electron chi connectivity index (χ1n) is 6.34. The summed E-state index contributed by atoms with van der Waals surface area (Å²) in [5.74, 6) is 1.00. The maximum absolute atomic E-state index is 12.0. The maximum atomic E-state index is 12.0. The average molecular weight is 226 g/mol. The van der Waals surface area contributed by atoms with Crippen LogP contribution in [0.5, 0.6) is 0 Å². The number of nitrogens with zero attached hydrogens (tertiary/aromatic N) is 1. The minimum Gasteiger partial charge on any atom is -0.339 e. The Kier molecular flexibility index (Phi) is 4.36. The summed E-state index contributed by atoms with van der Waals surface area (Å²) in [5.41, 5.74) is 0.0158. The van der Waals surface area contributed by atoms with E-state index in [1.807, 2.05) is 4.90 Å². The monoisotopic (exact) mass is 226 g/mol. The van der Waals surface area contributed by atoms with E-state index in [0.29, 0.717) is 12.6 Å². The molecule has 2 unspecified atom stereocenters. The molecule has 16 heavy (non-hydrogen) atoms. The summed E-state index contributed by atoms with van der Waals surface area (Å²) < 4.78 is 0. The highest BCUT2D eigenvalue weighted by atomic mass is 16.2. The number of carbonyl (C=O) groups is 1. The highest BCUT2D eigenvalue weighted by Gasteiger charge is 2.26. The van der Waals surface area contributed by atoms with Crippen LogP contribution in [-0.2, 0) is 4.79 Å². The van der Waals surface area contributed by atoms with E-state index in [2.05, 4.69) is 39.9 Å². The van der Waals surface area contributed by atoms with E-state index >= 15 is 0 Å². The fraction of sp³-hybridized carbons (Fsp3) is 0.923. The first kappa shape index (κ1) is 13.5. The summed E-state index contributed by atoms with van der Waals surface area (Å²) in [4.78, 5) is 14.1. The normalized spacial score (nSPS) is 26.9. The van der Waals surface area contributed by atoms with Crippen molar-refractivity contribution in [2.45, 2.75) is 59.0 Å². The van der Waals surface area contributed by atoms with Crippen LogP contribution in [0.1, 0.15) is 47.5 Å². The minimum atomic E-state index is 0.0158. The van der Waals surface area contributed by atoms with E-state index in [0.717, 1.165) is 25.3 Å². The molecule has 0 spiro atoms. The van der Waals surface area contributed by atoms with Gasteiger partial charge in [-0.3, -0.25) is 4.79 Å². The summed E-state index contributed by atoms with van der Waals surface area (Å²) >= 11 is 0. The Bertz CT molecular complexity index is 245. The summed E-state index contributed by atoms with van der Waals surface area (Å²) in [6, 6.07) is 0.401. The van der Waals surface area contributed by atoms with Gasteiger partial charge in [-0.15, -0.1) is 0 Å². The van der Waals surface area contributed by atoms with Crippen LogP contribution in [-0.4, -0.2) is 35.5 Å². The van der Waals surface area contributed by atoms with Gasteiger partial charge < -0.3 is 10.2 Å². The zero-order valence-corrected chi connectivity index (χ0v) is 11.3. The molecule has 3 heteroatoms. The molecule has 0 aliphatic carbocycles. The second-order valence-corrected chi connectivity index (χ2v) is 6.17. The van der Waals surface area contributed by atoms with Crippen LogP contribution < -0.4 is 5.32 Å². The van der Waals surface area contributed by atoms with E-state index < -0.39 is 0 Å². The number of piperidine rings is 1. The number of hydrogen-bond acceptors (Lipinski definition) is 2. The van der Waals surface area contributed by atoms with Gasteiger partial charge >= 0.3 is 0 Å². The summed E-state index contributed by atoms with van der Waals surface area (Å²) in [6.45, 7) is 12.1. The first-order chi connectivity index (χ1) is 7.29. The third-order valence-corrected chi connectivity index (χ3v) is 3.23. The van der Waals surface area contributed by atoms with Crippen LogP contribution in [0.4, 0.5) is 0 Å². The van der Waals surface area contributed by atoms with Gasteiger partial charge in [0.15, 0.2) is 0 Å². The van der Waals surface area contributed by atoms with Crippen molar-refractivity contribution in [1.29, 1.82) is 0 Å². The summed E-state index contributed by atoms with van der Waals surface area (Å²) in [7, 11) is 0. The zero-order valence-electron chi connectivity index (χ0n) is 11.3. The van der Waals surface area contributed by atoms with E-state index in [9.17, 15) is 4.79 Å². The van der Waals surface area contributed by atoms with Gasteiger partial charge in [-0.2, -0.15) is 0 Å². The molecule has 1 rings (SSSR count). The Morgan fingerprint density at radius 1 is 1.38 bits per heavy atom. The predicted molar refractivity (Wildman–Crippen MR) is 67.3 cm³/mol. The highest BCUT2D eigenvalue weighted by Crippen LogP contribution is 2.21. The van der Waals surface area contributed by atoms with Crippen LogP contribution in [0.2, 0.25) is 0 Å². The molecule has 1 saturated heterocycles. The number of amides is 1. The number of likely N-dealkylation sites (tertiary alicyclic amines) is 1. The molecule has 94 valence electrons. The van der Waals surface area contributed by atoms with Crippen LogP contribution >= 0.6 is 0 Å². The second-order valence-electron chi connectivity index (χ2n) is 6.17. The lowest BCUT2D eigenvalue weighted by Crippen LogP contribution is -2.50. The molecule has 1 N–H and O–H groups in total. The van der Waals surface area contributed by atoms with Crippen molar-refractivity contribution in [3.05, 3.63) is 0 Å². The van der Waals surface area contributed by atoms with Crippen molar-refractivity contribution in [3.8, 4) is 0 Å². The SMILES string of the molecule is CC1CCN(C(=O)CNC(C)(C)C)C(C)C1. The average Bonchev–Trinajstić information content (AvgIpc) is 2.13. The number of rotatable bonds is 2. The predicted octanol–water partition coefficient (Wildman–Crippen LogP) is 2.02. The Labute approximate surface area is 99.6 Å². The van der Waals surface area contributed by atoms with Crippen molar-refractivity contribution in [3.63, 3.8) is 0 Å². The van der Waals surface area contributed by atoms with Gasteiger partial charge in [0.05, 0.1) is 6.54 Å². The molecule has 0 aromatic heterocycles. The third-order valence-electron chi connectivity index (χ3n) is 3.23. The Hall–Kier alpha value is -0.570. The second kappa shape index (κ2) is 5.17. The van der Waals surface area contributed by atoms with Crippen molar-refractivity contribution in [2.75, 3.05) is 13.1 Å². The smallest absolute Gasteiger partial charge is 0.236 e. The van der Waals surface area contributed by atoms with Gasteiger partial charge in [0.2, 0.25) is 5.91 Å². The molecule has 1 heterocycles. The molecule has 0 aromatic rings. The molecule has 3 nitrogen and oxygen atoms in total. The highest BCUT2D eigenvalue weighted by molar-refractivity contribution is 5.78. The number of carbonyl (C=O) groups excluding carboxylic acids is 1. The van der Waals surface area contributed by atoms with Crippen molar-refractivity contribution >= 4 is 5.91 Å². The van der Waals surface area contributed by atoms with Crippen molar-refractivity contribution in [1.82, 2.24) is 10.2 Å². The molecule has 1 aliphatic heterocycles. The lowest BCUT2D eigenvalue weighted by atomic mass is 9.93. The van der Waals surface area contributed by atoms with Crippen molar-refractivity contribution in [2.24, 2.45) is 5.92 Å². The van der Waals surface area contributed by atoms with E-state index in [4.69, 9.17) is 0 Å². The molecule has 0 saturated carbocycles. The third kappa shape index (κ3) is 4.12. The molecule has 2 atom stereocenters. The van der Waals surface area contributed by atoms with Crippen LogP contribution in [0, 0.1) is 5.92 Å². The lowest BCUT2D eigenvalue weighted by Gasteiger charge is -2.37. The van der Waals surface area contributed by atoms with Gasteiger partial charge in [-0.25, -0.2) is 0 Å².